The maximum Gasteiger partial charge on any atom is 0.150 e. The van der Waals surface area contributed by atoms with Gasteiger partial charge in [-0.3, -0.25) is 4.79 Å². The Morgan fingerprint density at radius 1 is 0.939 bits per heavy atom. The lowest BCUT2D eigenvalue weighted by molar-refractivity contribution is -0.120. The quantitative estimate of drug-likeness (QED) is 0.291. The minimum absolute atomic E-state index is 0.00906. The van der Waals surface area contributed by atoms with Crippen molar-refractivity contribution in [2.75, 3.05) is 0 Å². The van der Waals surface area contributed by atoms with E-state index in [4.69, 9.17) is 5.73 Å². The van der Waals surface area contributed by atoms with Crippen molar-refractivity contribution in [1.29, 1.82) is 0 Å². The fourth-order valence-corrected chi connectivity index (χ4v) is 5.69. The van der Waals surface area contributed by atoms with E-state index in [1.54, 1.807) is 11.8 Å². The number of ketones is 1. The molecule has 3 N–H and O–H groups in total. The Morgan fingerprint density at radius 3 is 1.73 bits per heavy atom. The van der Waals surface area contributed by atoms with Gasteiger partial charge in [0.15, 0.2) is 5.78 Å². The largest absolute Gasteiger partial charge is 0.320 e. The zero-order valence-electron chi connectivity index (χ0n) is 22.7. The summed E-state index contributed by atoms with van der Waals surface area (Å²) in [6.07, 6.45) is 0.491. The summed E-state index contributed by atoms with van der Waals surface area (Å²) in [5.41, 5.74) is 10.1. The second-order valence-electron chi connectivity index (χ2n) is 11.4. The molecule has 0 fully saturated rings. The molecule has 33 heavy (non-hydrogen) atoms. The number of Topliss-reactive ketones (excluding diaryl/α,β-unsaturated/α-hetero) is 1. The maximum atomic E-state index is 12.0. The normalized spacial score (nSPS) is 14.9. The molecular weight excluding hydrogens is 444 g/mol. The third-order valence-corrected chi connectivity index (χ3v) is 9.13. The predicted molar refractivity (Wildman–Crippen MR) is 151 cm³/mol. The third kappa shape index (κ3) is 9.43. The van der Waals surface area contributed by atoms with Crippen molar-refractivity contribution in [2.45, 2.75) is 115 Å². The summed E-state index contributed by atoms with van der Waals surface area (Å²) in [7, 11) is 0. The number of carbonyl (C=O) groups excluding carboxylic acids is 1. The smallest absolute Gasteiger partial charge is 0.150 e. The first-order chi connectivity index (χ1) is 15.0. The highest BCUT2D eigenvalue weighted by Crippen LogP contribution is 2.39. The van der Waals surface area contributed by atoms with Crippen molar-refractivity contribution in [2.24, 2.45) is 11.1 Å². The molecule has 2 atom stereocenters. The number of hydrogen-bond donors (Lipinski definition) is 2. The van der Waals surface area contributed by atoms with Gasteiger partial charge in [-0.1, -0.05) is 78.0 Å². The average molecular weight is 493 g/mol. The molecule has 2 unspecified atom stereocenters. The van der Waals surface area contributed by atoms with Crippen LogP contribution in [0, 0.1) is 5.41 Å². The van der Waals surface area contributed by atoms with Crippen molar-refractivity contribution in [3.05, 3.63) is 47.5 Å². The molecule has 1 rings (SSSR count). The van der Waals surface area contributed by atoms with Gasteiger partial charge in [0.25, 0.3) is 0 Å². The molecule has 0 aliphatic heterocycles. The number of carbonyl (C=O) groups is 1. The topological polar surface area (TPSA) is 55.1 Å². The Morgan fingerprint density at radius 2 is 1.36 bits per heavy atom. The van der Waals surface area contributed by atoms with E-state index in [1.807, 2.05) is 18.7 Å². The highest BCUT2D eigenvalue weighted by Gasteiger charge is 2.36. The summed E-state index contributed by atoms with van der Waals surface area (Å²) in [5, 5.41) is 3.77. The fourth-order valence-electron chi connectivity index (χ4n) is 3.54. The molecule has 0 radical (unpaired) electrons. The number of hydrogen-bond acceptors (Lipinski definition) is 5. The van der Waals surface area contributed by atoms with Gasteiger partial charge in [0.05, 0.1) is 6.04 Å². The van der Waals surface area contributed by atoms with Gasteiger partial charge in [-0.2, -0.15) is 0 Å². The van der Waals surface area contributed by atoms with Crippen LogP contribution in [0.2, 0.25) is 0 Å². The minimum atomic E-state index is -0.430. The van der Waals surface area contributed by atoms with Crippen LogP contribution in [0.15, 0.2) is 36.4 Å². The average Bonchev–Trinajstić information content (AvgIpc) is 2.72. The Balaban J connectivity index is 2.80. The van der Waals surface area contributed by atoms with E-state index in [9.17, 15) is 4.79 Å². The molecule has 1 aromatic rings. The lowest BCUT2D eigenvalue weighted by Crippen LogP contribution is -2.50. The molecule has 0 heterocycles. The van der Waals surface area contributed by atoms with Crippen LogP contribution in [-0.2, 0) is 16.3 Å². The number of benzene rings is 1. The second kappa shape index (κ2) is 12.3. The van der Waals surface area contributed by atoms with Crippen LogP contribution in [0.1, 0.15) is 86.8 Å². The highest BCUT2D eigenvalue weighted by atomic mass is 32.2. The number of nitrogens with two attached hydrogens (primary N) is 1. The van der Waals surface area contributed by atoms with Gasteiger partial charge in [-0.05, 0) is 44.2 Å². The summed E-state index contributed by atoms with van der Waals surface area (Å²) < 4.78 is -0.269. The highest BCUT2D eigenvalue weighted by molar-refractivity contribution is 8.00. The third-order valence-electron chi connectivity index (χ3n) is 6.20. The molecule has 0 saturated heterocycles. The lowest BCUT2D eigenvalue weighted by atomic mass is 9.79. The van der Waals surface area contributed by atoms with Crippen molar-refractivity contribution in [1.82, 2.24) is 5.32 Å². The van der Waals surface area contributed by atoms with E-state index < -0.39 is 6.04 Å². The van der Waals surface area contributed by atoms with Crippen LogP contribution in [0.25, 0.3) is 0 Å². The molecule has 0 saturated carbocycles. The van der Waals surface area contributed by atoms with Gasteiger partial charge < -0.3 is 11.1 Å². The first-order valence-corrected chi connectivity index (χ1v) is 14.1. The molecule has 0 spiro atoms. The van der Waals surface area contributed by atoms with Gasteiger partial charge in [-0.15, -0.1) is 23.5 Å². The monoisotopic (exact) mass is 492 g/mol. The van der Waals surface area contributed by atoms with Crippen molar-refractivity contribution >= 4 is 29.3 Å². The number of nitrogens with one attached hydrogen (secondary N) is 1. The molecule has 0 aliphatic rings. The Kier molecular flexibility index (Phi) is 11.3. The second-order valence-corrected chi connectivity index (χ2v) is 14.7. The van der Waals surface area contributed by atoms with Crippen LogP contribution in [0.5, 0.6) is 0 Å². The molecule has 1 aromatic carbocycles. The summed E-state index contributed by atoms with van der Waals surface area (Å²) in [6.45, 7) is 26.3. The van der Waals surface area contributed by atoms with E-state index >= 15 is 0 Å². The van der Waals surface area contributed by atoms with Gasteiger partial charge in [0, 0.05) is 39.5 Å². The van der Waals surface area contributed by atoms with Crippen molar-refractivity contribution in [3.8, 4) is 0 Å². The van der Waals surface area contributed by atoms with Crippen LogP contribution in [-0.4, -0.2) is 33.4 Å². The van der Waals surface area contributed by atoms with Gasteiger partial charge in [-0.25, -0.2) is 0 Å². The van der Waals surface area contributed by atoms with Crippen molar-refractivity contribution in [3.63, 3.8) is 0 Å². The lowest BCUT2D eigenvalue weighted by Gasteiger charge is -2.41. The van der Waals surface area contributed by atoms with Crippen LogP contribution in [0.4, 0.5) is 0 Å². The molecule has 0 bridgehead atoms. The Labute approximate surface area is 212 Å². The van der Waals surface area contributed by atoms with E-state index in [-0.39, 0.29) is 26.7 Å². The molecule has 3 nitrogen and oxygen atoms in total. The zero-order valence-corrected chi connectivity index (χ0v) is 24.3. The van der Waals surface area contributed by atoms with Gasteiger partial charge in [0.1, 0.15) is 0 Å². The summed E-state index contributed by atoms with van der Waals surface area (Å²) in [6, 6.07) is 9.07. The summed E-state index contributed by atoms with van der Waals surface area (Å²) in [5.74, 6) is 1.93. The summed E-state index contributed by atoms with van der Waals surface area (Å²) >= 11 is 3.73. The zero-order chi connectivity index (χ0) is 25.6. The van der Waals surface area contributed by atoms with Gasteiger partial charge >= 0.3 is 0 Å². The SMILES string of the molecule is C=C(C(NC(C)C)C(C)(C)SCc1ccc(CSC(C)(C)C(N)C(=O)CC)cc1)C(C)(C)C. The standard InChI is InChI=1S/C28H48N2OS2/c1-12-23(31)24(29)27(8,9)32-17-21-13-15-22(16-14-21)18-33-28(10,11)25(30-19(2)3)20(4)26(5,6)7/h13-16,19,24-25,30H,4,12,17-18,29H2,1-3,5-11H3. The van der Waals surface area contributed by atoms with Crippen LogP contribution in [0.3, 0.4) is 0 Å². The summed E-state index contributed by atoms with van der Waals surface area (Å²) in [4.78, 5) is 12.0. The van der Waals surface area contributed by atoms with Crippen LogP contribution < -0.4 is 11.1 Å². The Bertz CT molecular complexity index is 776. The Hall–Kier alpha value is -0.750. The minimum Gasteiger partial charge on any atom is -0.320 e. The van der Waals surface area contributed by atoms with Crippen LogP contribution >= 0.6 is 23.5 Å². The predicted octanol–water partition coefficient (Wildman–Crippen LogP) is 6.99. The van der Waals surface area contributed by atoms with E-state index in [0.29, 0.717) is 12.5 Å². The molecule has 188 valence electrons. The fraction of sp³-hybridized carbons (Fsp3) is 0.679. The van der Waals surface area contributed by atoms with E-state index in [2.05, 4.69) is 98.5 Å². The maximum absolute atomic E-state index is 12.0. The number of rotatable bonds is 13. The molecule has 0 aromatic heterocycles. The van der Waals surface area contributed by atoms with E-state index in [0.717, 1.165) is 11.5 Å². The van der Waals surface area contributed by atoms with E-state index in [1.165, 1.54) is 16.7 Å². The molecular formula is C28H48N2OS2. The molecule has 5 heteroatoms. The molecule has 0 amide bonds. The molecule has 0 aliphatic carbocycles. The van der Waals surface area contributed by atoms with Crippen molar-refractivity contribution < 1.29 is 4.79 Å². The first-order valence-electron chi connectivity index (χ1n) is 12.1. The first kappa shape index (κ1) is 30.3. The number of thioether (sulfide) groups is 2. The van der Waals surface area contributed by atoms with Gasteiger partial charge in [0.2, 0.25) is 0 Å².